The average Bonchev–Trinajstić information content (AvgIpc) is 3.06. The minimum atomic E-state index is -0.979. The number of benzene rings is 2. The van der Waals surface area contributed by atoms with Crippen molar-refractivity contribution in [2.45, 2.75) is 71.4 Å². The first kappa shape index (κ1) is 40.9. The zero-order valence-corrected chi connectivity index (χ0v) is 30.7. The van der Waals surface area contributed by atoms with Crippen LogP contribution in [0.15, 0.2) is 36.4 Å². The van der Waals surface area contributed by atoms with E-state index < -0.39 is 34.0 Å². The highest BCUT2D eigenvalue weighted by Gasteiger charge is 2.39. The van der Waals surface area contributed by atoms with Gasteiger partial charge in [0, 0.05) is 19.1 Å². The molecule has 3 atom stereocenters. The van der Waals surface area contributed by atoms with Gasteiger partial charge in [-0.05, 0) is 75.0 Å². The molecule has 2 aromatic rings. The number of ether oxygens (including phenoxy) is 5. The van der Waals surface area contributed by atoms with Crippen molar-refractivity contribution in [2.75, 3.05) is 61.8 Å². The van der Waals surface area contributed by atoms with Crippen LogP contribution in [-0.4, -0.2) is 89.8 Å². The van der Waals surface area contributed by atoms with E-state index in [1.165, 1.54) is 7.11 Å². The molecule has 0 aliphatic rings. The van der Waals surface area contributed by atoms with Crippen LogP contribution in [0.1, 0.15) is 58.6 Å². The summed E-state index contributed by atoms with van der Waals surface area (Å²) in [5, 5.41) is 23.7. The number of nitrogens with one attached hydrogen (secondary N) is 1. The standard InChI is InChI=1S/C36H54N4O9/c1-25(2)36(23-37,28-20-30(45-8)33(47-10)31(21-28)46-9)17-13-18-39(6)19-16-27-14-11-12-15-29(27)48-24-35(4,5)34(49-40(42)43)26(3)38-32(41)22-44-7/h11-12,14-15,20-21,25-26,34H,13,16-19,22,24H2,1-10H3,(H,38,41). The molecule has 2 aromatic carbocycles. The Hall–Kier alpha value is -4.28. The zero-order valence-electron chi connectivity index (χ0n) is 30.7. The van der Waals surface area contributed by atoms with E-state index in [-0.39, 0.29) is 19.1 Å². The number of methoxy groups -OCH3 is 4. The predicted molar refractivity (Wildman–Crippen MR) is 186 cm³/mol. The van der Waals surface area contributed by atoms with Crippen LogP contribution in [0.5, 0.6) is 23.0 Å². The van der Waals surface area contributed by atoms with E-state index >= 15 is 0 Å². The maximum Gasteiger partial charge on any atom is 0.294 e. The SMILES string of the molecule is COCC(=O)NC(C)C(O[N+](=O)[O-])C(C)(C)COc1ccccc1CCN(C)CCCC(C#N)(c1cc(OC)c(OC)c(OC)c1)C(C)C. The molecule has 2 rings (SSSR count). The maximum absolute atomic E-state index is 12.1. The van der Waals surface area contributed by atoms with Crippen LogP contribution in [-0.2, 0) is 26.2 Å². The Morgan fingerprint density at radius 1 is 1.02 bits per heavy atom. The minimum absolute atomic E-state index is 0.0267. The van der Waals surface area contributed by atoms with Crippen LogP contribution in [0.25, 0.3) is 0 Å². The monoisotopic (exact) mass is 686 g/mol. The molecule has 0 aliphatic heterocycles. The minimum Gasteiger partial charge on any atom is -0.493 e. The number of nitrogens with zero attached hydrogens (tertiary/aromatic N) is 3. The molecule has 0 saturated carbocycles. The van der Waals surface area contributed by atoms with Gasteiger partial charge in [-0.25, -0.2) is 0 Å². The Morgan fingerprint density at radius 3 is 2.18 bits per heavy atom. The maximum atomic E-state index is 12.1. The third-order valence-corrected chi connectivity index (χ3v) is 8.90. The van der Waals surface area contributed by atoms with E-state index in [0.29, 0.717) is 35.8 Å². The highest BCUT2D eigenvalue weighted by atomic mass is 17.0. The number of para-hydroxylation sites is 1. The van der Waals surface area contributed by atoms with Crippen LogP contribution >= 0.6 is 0 Å². The number of carbonyl (C=O) groups is 1. The van der Waals surface area contributed by atoms with E-state index in [9.17, 15) is 20.2 Å². The van der Waals surface area contributed by atoms with Crippen LogP contribution in [0, 0.1) is 32.8 Å². The Balaban J connectivity index is 2.10. The normalized spacial score (nSPS) is 13.9. The van der Waals surface area contributed by atoms with Crippen LogP contribution in [0.2, 0.25) is 0 Å². The summed E-state index contributed by atoms with van der Waals surface area (Å²) < 4.78 is 27.7. The first-order valence-corrected chi connectivity index (χ1v) is 16.4. The summed E-state index contributed by atoms with van der Waals surface area (Å²) in [6.45, 7) is 10.8. The van der Waals surface area contributed by atoms with Gasteiger partial charge in [-0.2, -0.15) is 5.26 Å². The molecule has 0 heterocycles. The molecular formula is C36H54N4O9. The summed E-state index contributed by atoms with van der Waals surface area (Å²) in [7, 11) is 8.14. The Bertz CT molecular complexity index is 1390. The number of likely N-dealkylation sites (N-methyl/N-ethyl adjacent to an activating group) is 1. The number of hydrogen-bond donors (Lipinski definition) is 1. The third kappa shape index (κ3) is 11.1. The van der Waals surface area contributed by atoms with E-state index in [1.54, 1.807) is 42.1 Å². The largest absolute Gasteiger partial charge is 0.493 e. The molecule has 0 aliphatic carbocycles. The lowest BCUT2D eigenvalue weighted by Crippen LogP contribution is -2.52. The summed E-state index contributed by atoms with van der Waals surface area (Å²) in [6, 6.07) is 13.4. The number of carbonyl (C=O) groups excluding carboxylic acids is 1. The van der Waals surface area contributed by atoms with E-state index in [4.69, 9.17) is 28.5 Å². The summed E-state index contributed by atoms with van der Waals surface area (Å²) >= 11 is 0. The molecule has 13 nitrogen and oxygen atoms in total. The molecule has 272 valence electrons. The number of hydrogen-bond acceptors (Lipinski definition) is 11. The number of rotatable bonds is 22. The van der Waals surface area contributed by atoms with Gasteiger partial charge in [0.1, 0.15) is 18.5 Å². The van der Waals surface area contributed by atoms with Gasteiger partial charge in [0.05, 0.1) is 45.5 Å². The van der Waals surface area contributed by atoms with Crippen molar-refractivity contribution in [1.29, 1.82) is 5.26 Å². The van der Waals surface area contributed by atoms with Crippen LogP contribution < -0.4 is 24.3 Å². The molecule has 0 aromatic heterocycles. The average molecular weight is 687 g/mol. The summed E-state index contributed by atoms with van der Waals surface area (Å²) in [6.07, 6.45) is 1.14. The number of amides is 1. The smallest absolute Gasteiger partial charge is 0.294 e. The number of nitriles is 1. The van der Waals surface area contributed by atoms with E-state index in [0.717, 1.165) is 30.6 Å². The highest BCUT2D eigenvalue weighted by molar-refractivity contribution is 5.77. The lowest BCUT2D eigenvalue weighted by Gasteiger charge is -2.36. The Kier molecular flexibility index (Phi) is 15.9. The van der Waals surface area contributed by atoms with Crippen molar-refractivity contribution in [2.24, 2.45) is 11.3 Å². The molecule has 0 fully saturated rings. The van der Waals surface area contributed by atoms with Gasteiger partial charge in [-0.15, -0.1) is 10.1 Å². The van der Waals surface area contributed by atoms with Crippen molar-refractivity contribution in [3.63, 3.8) is 0 Å². The molecule has 13 heteroatoms. The van der Waals surface area contributed by atoms with Gasteiger partial charge in [-0.1, -0.05) is 45.9 Å². The van der Waals surface area contributed by atoms with Gasteiger partial charge >= 0.3 is 0 Å². The van der Waals surface area contributed by atoms with Crippen LogP contribution in [0.4, 0.5) is 0 Å². The third-order valence-electron chi connectivity index (χ3n) is 8.90. The Morgan fingerprint density at radius 2 is 1.65 bits per heavy atom. The topological polar surface area (TPSA) is 155 Å². The van der Waals surface area contributed by atoms with Crippen molar-refractivity contribution < 1.29 is 38.4 Å². The van der Waals surface area contributed by atoms with E-state index in [1.807, 2.05) is 43.4 Å². The van der Waals surface area contributed by atoms with Crippen molar-refractivity contribution >= 4 is 5.91 Å². The van der Waals surface area contributed by atoms with Gasteiger partial charge in [-0.3, -0.25) is 4.79 Å². The summed E-state index contributed by atoms with van der Waals surface area (Å²) in [5.74, 6) is 1.82. The zero-order chi connectivity index (χ0) is 36.8. The lowest BCUT2D eigenvalue weighted by atomic mass is 9.69. The predicted octanol–water partition coefficient (Wildman–Crippen LogP) is 5.22. The first-order valence-electron chi connectivity index (χ1n) is 16.4. The first-order chi connectivity index (χ1) is 23.2. The molecular weight excluding hydrogens is 632 g/mol. The molecule has 49 heavy (non-hydrogen) atoms. The molecule has 0 saturated heterocycles. The van der Waals surface area contributed by atoms with E-state index in [2.05, 4.69) is 30.1 Å². The molecule has 0 spiro atoms. The fraction of sp³-hybridized carbons (Fsp3) is 0.611. The molecule has 1 N–H and O–H groups in total. The molecule has 3 unspecified atom stereocenters. The molecule has 0 bridgehead atoms. The Labute approximate surface area is 290 Å². The van der Waals surface area contributed by atoms with Gasteiger partial charge < -0.3 is 38.7 Å². The van der Waals surface area contributed by atoms with Gasteiger partial charge in [0.15, 0.2) is 11.5 Å². The quantitative estimate of drug-likeness (QED) is 0.128. The second kappa shape index (κ2) is 19.0. The van der Waals surface area contributed by atoms with Gasteiger partial charge in [0.25, 0.3) is 5.09 Å². The fourth-order valence-electron chi connectivity index (χ4n) is 6.11. The summed E-state index contributed by atoms with van der Waals surface area (Å²) in [5.41, 5.74) is 0.207. The lowest BCUT2D eigenvalue weighted by molar-refractivity contribution is -0.773. The molecule has 0 radical (unpaired) electrons. The van der Waals surface area contributed by atoms with Gasteiger partial charge in [0.2, 0.25) is 11.7 Å². The fourth-order valence-corrected chi connectivity index (χ4v) is 6.11. The summed E-state index contributed by atoms with van der Waals surface area (Å²) in [4.78, 5) is 30.7. The van der Waals surface area contributed by atoms with Crippen LogP contribution in [0.3, 0.4) is 0 Å². The van der Waals surface area contributed by atoms with Crippen molar-refractivity contribution in [3.8, 4) is 29.1 Å². The highest BCUT2D eigenvalue weighted by Crippen LogP contribution is 2.45. The molecule has 1 amide bonds. The van der Waals surface area contributed by atoms with Crippen molar-refractivity contribution in [3.05, 3.63) is 57.6 Å². The van der Waals surface area contributed by atoms with Crippen molar-refractivity contribution in [1.82, 2.24) is 10.2 Å². The second-order valence-electron chi connectivity index (χ2n) is 13.2. The second-order valence-corrected chi connectivity index (χ2v) is 13.2.